The smallest absolute Gasteiger partial charge is 0.355 e. The molecule has 1 aromatic rings. The first kappa shape index (κ1) is 17.2. The number of carbonyl (C=O) groups excluding carboxylic acids is 3. The Bertz CT molecular complexity index is 593. The van der Waals surface area contributed by atoms with E-state index in [1.54, 1.807) is 6.92 Å². The molecule has 23 heavy (non-hydrogen) atoms. The summed E-state index contributed by atoms with van der Waals surface area (Å²) < 4.78 is 5.17. The van der Waals surface area contributed by atoms with Crippen molar-refractivity contribution in [2.75, 3.05) is 0 Å². The van der Waals surface area contributed by atoms with Crippen LogP contribution >= 0.6 is 0 Å². The lowest BCUT2D eigenvalue weighted by Gasteiger charge is -2.30. The van der Waals surface area contributed by atoms with Gasteiger partial charge in [0.1, 0.15) is 5.69 Å². The summed E-state index contributed by atoms with van der Waals surface area (Å²) in [5.41, 5.74) is 0.575. The van der Waals surface area contributed by atoms with E-state index in [1.165, 1.54) is 25.6 Å². The lowest BCUT2D eigenvalue weighted by Crippen LogP contribution is -2.46. The minimum Gasteiger partial charge on any atom is -0.448 e. The Kier molecular flexibility index (Phi) is 5.58. The number of Topliss-reactive ketones (excluding diaryl/α,β-unsaturated/α-hetero) is 1. The lowest BCUT2D eigenvalue weighted by molar-refractivity contribution is -0.130. The van der Waals surface area contributed by atoms with E-state index in [0.29, 0.717) is 11.5 Å². The number of amides is 1. The van der Waals surface area contributed by atoms with Gasteiger partial charge in [0.15, 0.2) is 11.9 Å². The van der Waals surface area contributed by atoms with Gasteiger partial charge in [-0.15, -0.1) is 0 Å². The molecule has 1 aliphatic carbocycles. The van der Waals surface area contributed by atoms with Crippen molar-refractivity contribution >= 4 is 17.7 Å². The largest absolute Gasteiger partial charge is 0.448 e. The van der Waals surface area contributed by atoms with E-state index in [1.807, 2.05) is 0 Å². The number of aromatic nitrogens is 1. The molecule has 0 aliphatic heterocycles. The SMILES string of the molecule is CC(=O)c1c[nH]c(C(=O)O[C@H](C)C(=O)N[C@@H]2CCCC[C@@H]2C)c1. The highest BCUT2D eigenvalue weighted by Crippen LogP contribution is 2.23. The molecule has 0 aromatic carbocycles. The van der Waals surface area contributed by atoms with E-state index in [9.17, 15) is 14.4 Å². The Balaban J connectivity index is 1.89. The van der Waals surface area contributed by atoms with Gasteiger partial charge in [-0.05, 0) is 38.7 Å². The van der Waals surface area contributed by atoms with Crippen molar-refractivity contribution in [1.29, 1.82) is 0 Å². The molecular formula is C17H24N2O4. The Hall–Kier alpha value is -2.11. The Morgan fingerprint density at radius 1 is 1.30 bits per heavy atom. The number of ketones is 1. The molecule has 0 unspecified atom stereocenters. The average molecular weight is 320 g/mol. The first-order chi connectivity index (χ1) is 10.9. The molecule has 1 amide bonds. The number of nitrogens with one attached hydrogen (secondary N) is 2. The van der Waals surface area contributed by atoms with Gasteiger partial charge in [0.2, 0.25) is 0 Å². The number of aromatic amines is 1. The summed E-state index contributed by atoms with van der Waals surface area (Å²) >= 11 is 0. The zero-order valence-corrected chi connectivity index (χ0v) is 13.8. The van der Waals surface area contributed by atoms with Crippen LogP contribution in [0.15, 0.2) is 12.3 Å². The Morgan fingerprint density at radius 2 is 2.00 bits per heavy atom. The summed E-state index contributed by atoms with van der Waals surface area (Å²) in [6.45, 7) is 5.10. The standard InChI is InChI=1S/C17H24N2O4/c1-10-6-4-5-7-14(10)19-16(21)12(3)23-17(22)15-8-13(9-18-15)11(2)20/h8-10,12,14,18H,4-7H2,1-3H3,(H,19,21)/t10-,12+,14+/m0/s1. The van der Waals surface area contributed by atoms with E-state index in [-0.39, 0.29) is 23.4 Å². The van der Waals surface area contributed by atoms with Crippen molar-refractivity contribution in [3.63, 3.8) is 0 Å². The lowest BCUT2D eigenvalue weighted by atomic mass is 9.86. The van der Waals surface area contributed by atoms with Crippen LogP contribution < -0.4 is 5.32 Å². The highest BCUT2D eigenvalue weighted by molar-refractivity contribution is 5.98. The van der Waals surface area contributed by atoms with Gasteiger partial charge in [-0.25, -0.2) is 4.79 Å². The predicted octanol–water partition coefficient (Wildman–Crippen LogP) is 2.46. The summed E-state index contributed by atoms with van der Waals surface area (Å²) in [6.07, 6.45) is 4.96. The highest BCUT2D eigenvalue weighted by Gasteiger charge is 2.26. The molecule has 6 nitrogen and oxygen atoms in total. The third kappa shape index (κ3) is 4.43. The number of hydrogen-bond donors (Lipinski definition) is 2. The molecule has 3 atom stereocenters. The van der Waals surface area contributed by atoms with E-state index >= 15 is 0 Å². The van der Waals surface area contributed by atoms with Crippen molar-refractivity contribution < 1.29 is 19.1 Å². The van der Waals surface area contributed by atoms with E-state index in [0.717, 1.165) is 19.3 Å². The molecule has 2 N–H and O–H groups in total. The van der Waals surface area contributed by atoms with E-state index in [2.05, 4.69) is 17.2 Å². The fourth-order valence-corrected chi connectivity index (χ4v) is 2.82. The minimum atomic E-state index is -0.874. The summed E-state index contributed by atoms with van der Waals surface area (Å²) in [6, 6.07) is 1.57. The van der Waals surface area contributed by atoms with Gasteiger partial charge >= 0.3 is 5.97 Å². The molecule has 1 saturated carbocycles. The summed E-state index contributed by atoms with van der Waals surface area (Å²) in [5, 5.41) is 2.97. The van der Waals surface area contributed by atoms with E-state index < -0.39 is 12.1 Å². The van der Waals surface area contributed by atoms with Crippen molar-refractivity contribution in [1.82, 2.24) is 10.3 Å². The fourth-order valence-electron chi connectivity index (χ4n) is 2.82. The fraction of sp³-hybridized carbons (Fsp3) is 0.588. The summed E-state index contributed by atoms with van der Waals surface area (Å²) in [7, 11) is 0. The topological polar surface area (TPSA) is 88.3 Å². The van der Waals surface area contributed by atoms with Crippen LogP contribution in [0.25, 0.3) is 0 Å². The van der Waals surface area contributed by atoms with E-state index in [4.69, 9.17) is 4.74 Å². The number of carbonyl (C=O) groups is 3. The Labute approximate surface area is 136 Å². The quantitative estimate of drug-likeness (QED) is 0.644. The third-order valence-electron chi connectivity index (χ3n) is 4.40. The molecule has 0 spiro atoms. The van der Waals surface area contributed by atoms with Crippen molar-refractivity contribution in [3.05, 3.63) is 23.5 Å². The van der Waals surface area contributed by atoms with Gasteiger partial charge < -0.3 is 15.0 Å². The first-order valence-electron chi connectivity index (χ1n) is 8.09. The number of rotatable bonds is 5. The predicted molar refractivity (Wildman–Crippen MR) is 85.2 cm³/mol. The van der Waals surface area contributed by atoms with Gasteiger partial charge in [0, 0.05) is 17.8 Å². The molecule has 1 fully saturated rings. The highest BCUT2D eigenvalue weighted by atomic mass is 16.5. The van der Waals surface area contributed by atoms with Crippen LogP contribution in [0.4, 0.5) is 0 Å². The normalized spacial score (nSPS) is 22.2. The zero-order valence-electron chi connectivity index (χ0n) is 13.8. The molecule has 1 heterocycles. The second-order valence-electron chi connectivity index (χ2n) is 6.28. The summed E-state index contributed by atoms with van der Waals surface area (Å²) in [4.78, 5) is 38.1. The Morgan fingerprint density at radius 3 is 2.61 bits per heavy atom. The van der Waals surface area contributed by atoms with Crippen LogP contribution in [-0.2, 0) is 9.53 Å². The van der Waals surface area contributed by atoms with Crippen molar-refractivity contribution in [3.8, 4) is 0 Å². The minimum absolute atomic E-state index is 0.141. The van der Waals surface area contributed by atoms with Crippen LogP contribution in [0.3, 0.4) is 0 Å². The number of hydrogen-bond acceptors (Lipinski definition) is 4. The zero-order chi connectivity index (χ0) is 17.0. The maximum Gasteiger partial charge on any atom is 0.355 e. The van der Waals surface area contributed by atoms with Gasteiger partial charge in [0.05, 0.1) is 0 Å². The average Bonchev–Trinajstić information content (AvgIpc) is 2.99. The maximum atomic E-state index is 12.2. The first-order valence-corrected chi connectivity index (χ1v) is 8.09. The molecule has 1 aromatic heterocycles. The van der Waals surface area contributed by atoms with Crippen LogP contribution in [0.2, 0.25) is 0 Å². The van der Waals surface area contributed by atoms with Gasteiger partial charge in [-0.3, -0.25) is 9.59 Å². The molecule has 6 heteroatoms. The molecule has 0 saturated heterocycles. The molecule has 126 valence electrons. The number of esters is 1. The van der Waals surface area contributed by atoms with Crippen LogP contribution in [0.1, 0.15) is 67.3 Å². The molecule has 1 aliphatic rings. The second-order valence-corrected chi connectivity index (χ2v) is 6.28. The van der Waals surface area contributed by atoms with Crippen LogP contribution in [-0.4, -0.2) is 34.8 Å². The molecule has 0 radical (unpaired) electrons. The maximum absolute atomic E-state index is 12.2. The van der Waals surface area contributed by atoms with Gasteiger partial charge in [-0.2, -0.15) is 0 Å². The van der Waals surface area contributed by atoms with Crippen molar-refractivity contribution in [2.45, 2.75) is 58.6 Å². The second kappa shape index (κ2) is 7.44. The van der Waals surface area contributed by atoms with Crippen LogP contribution in [0.5, 0.6) is 0 Å². The molecule has 0 bridgehead atoms. The third-order valence-corrected chi connectivity index (χ3v) is 4.40. The van der Waals surface area contributed by atoms with Gasteiger partial charge in [-0.1, -0.05) is 19.8 Å². The van der Waals surface area contributed by atoms with Gasteiger partial charge in [0.25, 0.3) is 5.91 Å². The monoisotopic (exact) mass is 320 g/mol. The summed E-state index contributed by atoms with van der Waals surface area (Å²) in [5.74, 6) is -0.623. The number of ether oxygens (including phenoxy) is 1. The van der Waals surface area contributed by atoms with Crippen molar-refractivity contribution in [2.24, 2.45) is 5.92 Å². The van der Waals surface area contributed by atoms with Crippen LogP contribution in [0, 0.1) is 5.92 Å². The molecule has 2 rings (SSSR count). The molecular weight excluding hydrogens is 296 g/mol. The number of H-pyrrole nitrogens is 1.